The van der Waals surface area contributed by atoms with Crippen LogP contribution >= 0.6 is 0 Å². The Morgan fingerprint density at radius 1 is 1.21 bits per heavy atom. The van der Waals surface area contributed by atoms with Gasteiger partial charge in [-0.05, 0) is 55.7 Å². The predicted molar refractivity (Wildman–Crippen MR) is 108 cm³/mol. The Balaban J connectivity index is 1.62. The van der Waals surface area contributed by atoms with Gasteiger partial charge in [-0.1, -0.05) is 30.3 Å². The first-order valence-electron chi connectivity index (χ1n) is 9.89. The Labute approximate surface area is 165 Å². The lowest BCUT2D eigenvalue weighted by Gasteiger charge is -2.29. The van der Waals surface area contributed by atoms with Gasteiger partial charge in [0.15, 0.2) is 0 Å². The van der Waals surface area contributed by atoms with Crippen molar-refractivity contribution >= 4 is 0 Å². The number of benzene rings is 1. The summed E-state index contributed by atoms with van der Waals surface area (Å²) in [5.74, 6) is 0.0279. The summed E-state index contributed by atoms with van der Waals surface area (Å²) in [6, 6.07) is 12.3. The molecule has 1 atom stereocenters. The molecule has 0 saturated heterocycles. The molecule has 0 N–H and O–H groups in total. The Bertz CT molecular complexity index is 855. The molecule has 0 amide bonds. The third-order valence-corrected chi connectivity index (χ3v) is 5.64. The fourth-order valence-electron chi connectivity index (χ4n) is 4.17. The van der Waals surface area contributed by atoms with Gasteiger partial charge in [-0.25, -0.2) is 0 Å². The molecule has 2 aromatic rings. The molecule has 1 saturated carbocycles. The van der Waals surface area contributed by atoms with Crippen molar-refractivity contribution in [2.45, 2.75) is 50.5 Å². The molecule has 1 fully saturated rings. The number of hydrogen-bond acceptors (Lipinski definition) is 4. The van der Waals surface area contributed by atoms with Crippen LogP contribution in [0, 0.1) is 17.0 Å². The predicted octanol–water partition coefficient (Wildman–Crippen LogP) is 3.80. The Kier molecular flexibility index (Phi) is 6.62. The lowest BCUT2D eigenvalue weighted by atomic mass is 9.83. The largest absolute Gasteiger partial charge is 0.377 e. The number of rotatable bonds is 7. The van der Waals surface area contributed by atoms with Crippen molar-refractivity contribution in [2.75, 3.05) is 13.2 Å². The zero-order chi connectivity index (χ0) is 20.1. The van der Waals surface area contributed by atoms with Gasteiger partial charge in [0, 0.05) is 23.7 Å². The first-order valence-corrected chi connectivity index (χ1v) is 9.89. The van der Waals surface area contributed by atoms with E-state index < -0.39 is 5.92 Å². The molecular formula is C22H28N2O4. The average Bonchev–Trinajstić information content (AvgIpc) is 2.69. The number of aryl methyl sites for hydroxylation is 2. The van der Waals surface area contributed by atoms with Crippen LogP contribution in [-0.2, 0) is 11.8 Å². The number of hydrogen-bond donors (Lipinski definition) is 0. The maximum absolute atomic E-state index is 12.5. The third-order valence-electron chi connectivity index (χ3n) is 5.64. The van der Waals surface area contributed by atoms with E-state index in [1.54, 1.807) is 19.3 Å². The molecule has 1 aliphatic rings. The maximum atomic E-state index is 12.5. The molecule has 1 aromatic heterocycles. The molecule has 0 bridgehead atoms. The Hall–Kier alpha value is -2.47. The minimum atomic E-state index is -0.527. The van der Waals surface area contributed by atoms with Gasteiger partial charge in [0.05, 0.1) is 18.6 Å². The highest BCUT2D eigenvalue weighted by Gasteiger charge is 2.27. The van der Waals surface area contributed by atoms with E-state index in [0.717, 1.165) is 31.2 Å². The highest BCUT2D eigenvalue weighted by Crippen LogP contribution is 2.34. The fourth-order valence-corrected chi connectivity index (χ4v) is 4.17. The summed E-state index contributed by atoms with van der Waals surface area (Å²) >= 11 is 0. The van der Waals surface area contributed by atoms with Crippen molar-refractivity contribution in [1.29, 1.82) is 0 Å². The molecule has 6 nitrogen and oxygen atoms in total. The summed E-state index contributed by atoms with van der Waals surface area (Å²) < 4.78 is 7.56. The van der Waals surface area contributed by atoms with Gasteiger partial charge in [-0.3, -0.25) is 14.9 Å². The van der Waals surface area contributed by atoms with Crippen LogP contribution in [0.25, 0.3) is 0 Å². The average molecular weight is 384 g/mol. The number of aromatic nitrogens is 1. The van der Waals surface area contributed by atoms with E-state index >= 15 is 0 Å². The minimum absolute atomic E-state index is 0.0999. The molecule has 0 aliphatic heterocycles. The molecular weight excluding hydrogens is 356 g/mol. The van der Waals surface area contributed by atoms with Crippen LogP contribution < -0.4 is 5.56 Å². The van der Waals surface area contributed by atoms with E-state index in [1.165, 1.54) is 10.1 Å². The molecule has 0 spiro atoms. The van der Waals surface area contributed by atoms with Crippen molar-refractivity contribution in [1.82, 2.24) is 4.57 Å². The van der Waals surface area contributed by atoms with Crippen LogP contribution in [0.4, 0.5) is 0 Å². The third kappa shape index (κ3) is 5.07. The van der Waals surface area contributed by atoms with Gasteiger partial charge >= 0.3 is 0 Å². The van der Waals surface area contributed by atoms with E-state index in [-0.39, 0.29) is 29.7 Å². The second kappa shape index (κ2) is 9.15. The highest BCUT2D eigenvalue weighted by molar-refractivity contribution is 5.22. The SMILES string of the molecule is Cc1cc(C(COC2CCC(c3ccccc3)CC2)C[N+](=O)[O-])c(=O)n(C)c1. The van der Waals surface area contributed by atoms with E-state index in [4.69, 9.17) is 4.74 Å². The Morgan fingerprint density at radius 3 is 2.54 bits per heavy atom. The lowest BCUT2D eigenvalue weighted by molar-refractivity contribution is -0.484. The molecule has 150 valence electrons. The van der Waals surface area contributed by atoms with Gasteiger partial charge in [-0.15, -0.1) is 0 Å². The molecule has 1 unspecified atom stereocenters. The molecule has 1 aliphatic carbocycles. The van der Waals surface area contributed by atoms with Gasteiger partial charge in [0.25, 0.3) is 5.56 Å². The van der Waals surface area contributed by atoms with Crippen molar-refractivity contribution in [2.24, 2.45) is 7.05 Å². The van der Waals surface area contributed by atoms with Crippen molar-refractivity contribution in [3.8, 4) is 0 Å². The van der Waals surface area contributed by atoms with E-state index in [9.17, 15) is 14.9 Å². The van der Waals surface area contributed by atoms with Crippen LogP contribution in [0.2, 0.25) is 0 Å². The van der Waals surface area contributed by atoms with Crippen LogP contribution in [0.5, 0.6) is 0 Å². The van der Waals surface area contributed by atoms with E-state index in [2.05, 4.69) is 24.3 Å². The summed E-state index contributed by atoms with van der Waals surface area (Å²) in [4.78, 5) is 23.3. The quantitative estimate of drug-likeness (QED) is 0.538. The topological polar surface area (TPSA) is 74.4 Å². The van der Waals surface area contributed by atoms with Crippen LogP contribution in [0.3, 0.4) is 0 Å². The smallest absolute Gasteiger partial charge is 0.254 e. The minimum Gasteiger partial charge on any atom is -0.377 e. The van der Waals surface area contributed by atoms with Gasteiger partial charge in [-0.2, -0.15) is 0 Å². The zero-order valence-electron chi connectivity index (χ0n) is 16.5. The standard InChI is InChI=1S/C22H28N2O4/c1-16-12-21(22(25)23(2)13-16)19(14-24(26)27)15-28-20-10-8-18(9-11-20)17-6-4-3-5-7-17/h3-7,12-13,18-20H,8-11,14-15H2,1-2H3. The second-order valence-electron chi connectivity index (χ2n) is 7.82. The summed E-state index contributed by atoms with van der Waals surface area (Å²) in [7, 11) is 1.67. The highest BCUT2D eigenvalue weighted by atomic mass is 16.6. The summed E-state index contributed by atoms with van der Waals surface area (Å²) in [6.07, 6.45) is 5.83. The maximum Gasteiger partial charge on any atom is 0.254 e. The number of nitrogens with zero attached hydrogens (tertiary/aromatic N) is 2. The molecule has 3 rings (SSSR count). The lowest BCUT2D eigenvalue weighted by Crippen LogP contribution is -2.30. The molecule has 0 radical (unpaired) electrons. The summed E-state index contributed by atoms with van der Waals surface area (Å²) in [5.41, 5.74) is 2.57. The normalized spacial score (nSPS) is 20.6. The van der Waals surface area contributed by atoms with Gasteiger partial charge < -0.3 is 9.30 Å². The van der Waals surface area contributed by atoms with Crippen LogP contribution in [-0.4, -0.2) is 28.7 Å². The zero-order valence-corrected chi connectivity index (χ0v) is 16.5. The van der Waals surface area contributed by atoms with Crippen molar-refractivity contribution < 1.29 is 9.66 Å². The molecule has 6 heteroatoms. The molecule has 1 heterocycles. The second-order valence-corrected chi connectivity index (χ2v) is 7.82. The van der Waals surface area contributed by atoms with Crippen molar-refractivity contribution in [3.63, 3.8) is 0 Å². The van der Waals surface area contributed by atoms with Crippen LogP contribution in [0.1, 0.15) is 54.2 Å². The summed E-state index contributed by atoms with van der Waals surface area (Å²) in [6.45, 7) is 1.80. The van der Waals surface area contributed by atoms with Crippen LogP contribution in [0.15, 0.2) is 47.4 Å². The number of ether oxygens (including phenoxy) is 1. The molecule has 28 heavy (non-hydrogen) atoms. The Morgan fingerprint density at radius 2 is 1.89 bits per heavy atom. The van der Waals surface area contributed by atoms with Crippen molar-refractivity contribution in [3.05, 3.63) is 79.8 Å². The monoisotopic (exact) mass is 384 g/mol. The van der Waals surface area contributed by atoms with Gasteiger partial charge in [0.2, 0.25) is 6.54 Å². The first-order chi connectivity index (χ1) is 13.4. The number of pyridine rings is 1. The van der Waals surface area contributed by atoms with Gasteiger partial charge in [0.1, 0.15) is 0 Å². The van der Waals surface area contributed by atoms with E-state index in [1.807, 2.05) is 13.0 Å². The first kappa shape index (κ1) is 20.3. The fraction of sp³-hybridized carbons (Fsp3) is 0.500. The van der Waals surface area contributed by atoms with E-state index in [0.29, 0.717) is 11.5 Å². The summed E-state index contributed by atoms with van der Waals surface area (Å²) in [5, 5.41) is 11.2. The number of nitro groups is 1. The molecule has 1 aromatic carbocycles.